The number of rotatable bonds is 6. The van der Waals surface area contributed by atoms with Crippen LogP contribution in [0.4, 0.5) is 5.69 Å². The Balaban J connectivity index is 1.13. The van der Waals surface area contributed by atoms with E-state index in [1.165, 1.54) is 44.5 Å². The number of amides is 1. The minimum Gasteiger partial charge on any atom is -0.376 e. The van der Waals surface area contributed by atoms with E-state index in [0.29, 0.717) is 17.7 Å². The highest BCUT2D eigenvalue weighted by Crippen LogP contribution is 2.32. The molecule has 1 unspecified atom stereocenters. The first-order chi connectivity index (χ1) is 14.7. The molecule has 7 heteroatoms. The maximum absolute atomic E-state index is 12.9. The van der Waals surface area contributed by atoms with Crippen LogP contribution in [0.3, 0.4) is 0 Å². The lowest BCUT2D eigenvalue weighted by molar-refractivity contribution is 0.0605. The number of H-pyrrole nitrogens is 1. The Morgan fingerprint density at radius 2 is 2.00 bits per heavy atom. The SMILES string of the molecule is O=C(N[C@H]1CN2CCC1CC2)c1n[nH]c2cc(N3CCC(OCC4CC4)C3)ccc12. The highest BCUT2D eigenvalue weighted by atomic mass is 16.5. The second-order valence-corrected chi connectivity index (χ2v) is 9.65. The summed E-state index contributed by atoms with van der Waals surface area (Å²) in [5.74, 6) is 1.37. The van der Waals surface area contributed by atoms with Gasteiger partial charge in [0.2, 0.25) is 0 Å². The fourth-order valence-corrected chi connectivity index (χ4v) is 5.40. The molecule has 5 aliphatic rings. The molecule has 30 heavy (non-hydrogen) atoms. The van der Waals surface area contributed by atoms with Crippen LogP contribution < -0.4 is 10.2 Å². The molecule has 2 N–H and O–H groups in total. The Hall–Kier alpha value is -2.12. The van der Waals surface area contributed by atoms with Crippen LogP contribution in [0.5, 0.6) is 0 Å². The van der Waals surface area contributed by atoms with Crippen molar-refractivity contribution in [3.8, 4) is 0 Å². The van der Waals surface area contributed by atoms with E-state index < -0.39 is 0 Å². The number of aromatic nitrogens is 2. The van der Waals surface area contributed by atoms with E-state index in [1.54, 1.807) is 0 Å². The molecule has 7 nitrogen and oxygen atoms in total. The van der Waals surface area contributed by atoms with Gasteiger partial charge in [0.25, 0.3) is 5.91 Å². The van der Waals surface area contributed by atoms with E-state index in [1.807, 2.05) is 6.07 Å². The van der Waals surface area contributed by atoms with Crippen molar-refractivity contribution in [1.82, 2.24) is 20.4 Å². The number of carbonyl (C=O) groups is 1. The molecule has 2 atom stereocenters. The van der Waals surface area contributed by atoms with Crippen molar-refractivity contribution in [2.45, 2.75) is 44.2 Å². The monoisotopic (exact) mass is 409 g/mol. The minimum absolute atomic E-state index is 0.0533. The molecule has 7 rings (SSSR count). The summed E-state index contributed by atoms with van der Waals surface area (Å²) >= 11 is 0. The van der Waals surface area contributed by atoms with E-state index in [4.69, 9.17) is 4.74 Å². The van der Waals surface area contributed by atoms with E-state index >= 15 is 0 Å². The van der Waals surface area contributed by atoms with E-state index in [0.717, 1.165) is 49.5 Å². The molecule has 5 fully saturated rings. The number of hydrogen-bond acceptors (Lipinski definition) is 5. The van der Waals surface area contributed by atoms with Crippen LogP contribution in [0.25, 0.3) is 10.9 Å². The molecule has 5 heterocycles. The normalized spacial score (nSPS) is 30.9. The molecule has 1 aromatic heterocycles. The standard InChI is InChI=1S/C23H31N5O2/c29-23(24-21-13-27-8-5-16(21)6-9-27)22-19-4-3-17(11-20(19)25-26-22)28-10-7-18(12-28)30-14-15-1-2-15/h3-4,11,15-16,18,21H,1-2,5-10,12-14H2,(H,24,29)(H,25,26)/t18?,21-/m0/s1. The van der Waals surface area contributed by atoms with Crippen LogP contribution in [-0.2, 0) is 4.74 Å². The third-order valence-electron chi connectivity index (χ3n) is 7.51. The number of hydrogen-bond donors (Lipinski definition) is 2. The molecule has 4 saturated heterocycles. The lowest BCUT2D eigenvalue weighted by Crippen LogP contribution is -2.57. The lowest BCUT2D eigenvalue weighted by atomic mass is 9.84. The quantitative estimate of drug-likeness (QED) is 0.766. The molecule has 1 aliphatic carbocycles. The highest BCUT2D eigenvalue weighted by molar-refractivity contribution is 6.05. The number of nitrogens with zero attached hydrogens (tertiary/aromatic N) is 3. The molecule has 1 amide bonds. The number of anilines is 1. The summed E-state index contributed by atoms with van der Waals surface area (Å²) in [5, 5.41) is 11.6. The van der Waals surface area contributed by atoms with Crippen LogP contribution >= 0.6 is 0 Å². The second kappa shape index (κ2) is 7.54. The van der Waals surface area contributed by atoms with Gasteiger partial charge in [0, 0.05) is 43.4 Å². The van der Waals surface area contributed by atoms with E-state index in [9.17, 15) is 4.79 Å². The number of carbonyl (C=O) groups excluding carboxylic acids is 1. The number of ether oxygens (including phenoxy) is 1. The van der Waals surface area contributed by atoms with E-state index in [-0.39, 0.29) is 11.9 Å². The van der Waals surface area contributed by atoms with E-state index in [2.05, 4.69) is 37.4 Å². The molecular formula is C23H31N5O2. The molecule has 160 valence electrons. The van der Waals surface area contributed by atoms with Gasteiger partial charge in [0.15, 0.2) is 5.69 Å². The van der Waals surface area contributed by atoms with Gasteiger partial charge in [-0.2, -0.15) is 5.10 Å². The molecule has 0 spiro atoms. The average molecular weight is 410 g/mol. The predicted molar refractivity (Wildman–Crippen MR) is 116 cm³/mol. The Morgan fingerprint density at radius 3 is 2.77 bits per heavy atom. The van der Waals surface area contributed by atoms with Crippen molar-refractivity contribution < 1.29 is 9.53 Å². The molecule has 4 aliphatic heterocycles. The topological polar surface area (TPSA) is 73.5 Å². The predicted octanol–water partition coefficient (Wildman–Crippen LogP) is 2.39. The zero-order chi connectivity index (χ0) is 20.1. The van der Waals surface area contributed by atoms with Gasteiger partial charge in [-0.25, -0.2) is 0 Å². The van der Waals surface area contributed by atoms with Gasteiger partial charge in [-0.15, -0.1) is 0 Å². The summed E-state index contributed by atoms with van der Waals surface area (Å²) < 4.78 is 6.08. The van der Waals surface area contributed by atoms with Crippen molar-refractivity contribution in [2.75, 3.05) is 44.2 Å². The second-order valence-electron chi connectivity index (χ2n) is 9.65. The van der Waals surface area contributed by atoms with Crippen molar-refractivity contribution in [3.05, 3.63) is 23.9 Å². The number of piperidine rings is 3. The number of nitrogens with one attached hydrogen (secondary N) is 2. The minimum atomic E-state index is -0.0533. The largest absolute Gasteiger partial charge is 0.376 e. The number of benzene rings is 1. The fourth-order valence-electron chi connectivity index (χ4n) is 5.40. The number of aromatic amines is 1. The Labute approximate surface area is 177 Å². The van der Waals surface area contributed by atoms with Gasteiger partial charge in [0.1, 0.15) is 0 Å². The van der Waals surface area contributed by atoms with Gasteiger partial charge in [0.05, 0.1) is 11.6 Å². The van der Waals surface area contributed by atoms with Crippen molar-refractivity contribution in [2.24, 2.45) is 11.8 Å². The van der Waals surface area contributed by atoms with Crippen LogP contribution in [-0.4, -0.2) is 72.5 Å². The first kappa shape index (κ1) is 18.6. The third-order valence-corrected chi connectivity index (χ3v) is 7.51. The van der Waals surface area contributed by atoms with Gasteiger partial charge in [-0.1, -0.05) is 0 Å². The molecule has 2 bridgehead atoms. The zero-order valence-electron chi connectivity index (χ0n) is 17.5. The summed E-state index contributed by atoms with van der Waals surface area (Å²) in [5.41, 5.74) is 2.61. The summed E-state index contributed by atoms with van der Waals surface area (Å²) in [7, 11) is 0. The van der Waals surface area contributed by atoms with Gasteiger partial charge >= 0.3 is 0 Å². The lowest BCUT2D eigenvalue weighted by Gasteiger charge is -2.44. The van der Waals surface area contributed by atoms with Crippen molar-refractivity contribution in [1.29, 1.82) is 0 Å². The molecule has 1 aromatic carbocycles. The maximum atomic E-state index is 12.9. The Kier molecular flexibility index (Phi) is 4.68. The van der Waals surface area contributed by atoms with Crippen molar-refractivity contribution >= 4 is 22.5 Å². The average Bonchev–Trinajstić information content (AvgIpc) is 3.32. The smallest absolute Gasteiger partial charge is 0.272 e. The van der Waals surface area contributed by atoms with Crippen molar-refractivity contribution in [3.63, 3.8) is 0 Å². The van der Waals surface area contributed by atoms with Crippen LogP contribution in [0.2, 0.25) is 0 Å². The Bertz CT molecular complexity index is 931. The first-order valence-electron chi connectivity index (χ1n) is 11.6. The Morgan fingerprint density at radius 1 is 1.13 bits per heavy atom. The molecule has 0 radical (unpaired) electrons. The number of fused-ring (bicyclic) bond motifs is 4. The molecule has 1 saturated carbocycles. The van der Waals surface area contributed by atoms with Gasteiger partial charge < -0.3 is 19.9 Å². The molecule has 2 aromatic rings. The van der Waals surface area contributed by atoms with Crippen LogP contribution in [0.15, 0.2) is 18.2 Å². The zero-order valence-corrected chi connectivity index (χ0v) is 17.5. The van der Waals surface area contributed by atoms with Crippen LogP contribution in [0.1, 0.15) is 42.6 Å². The summed E-state index contributed by atoms with van der Waals surface area (Å²) in [6.45, 7) is 6.21. The van der Waals surface area contributed by atoms with Gasteiger partial charge in [-0.05, 0) is 75.2 Å². The summed E-state index contributed by atoms with van der Waals surface area (Å²) in [4.78, 5) is 17.8. The summed E-state index contributed by atoms with van der Waals surface area (Å²) in [6, 6.07) is 6.53. The highest BCUT2D eigenvalue weighted by Gasteiger charge is 2.35. The first-order valence-corrected chi connectivity index (χ1v) is 11.6. The van der Waals surface area contributed by atoms with Gasteiger partial charge in [-0.3, -0.25) is 9.89 Å². The summed E-state index contributed by atoms with van der Waals surface area (Å²) in [6.07, 6.45) is 6.48. The third kappa shape index (κ3) is 3.58. The molecular weight excluding hydrogens is 378 g/mol. The van der Waals surface area contributed by atoms with Crippen LogP contribution in [0, 0.1) is 11.8 Å². The fraction of sp³-hybridized carbons (Fsp3) is 0.652. The maximum Gasteiger partial charge on any atom is 0.272 e.